The fraction of sp³-hybridized carbons (Fsp3) is 0.286. The lowest BCUT2D eigenvalue weighted by Crippen LogP contribution is -2.28. The predicted molar refractivity (Wildman–Crippen MR) is 80.6 cm³/mol. The van der Waals surface area contributed by atoms with E-state index in [-0.39, 0.29) is 11.7 Å². The summed E-state index contributed by atoms with van der Waals surface area (Å²) in [6, 6.07) is 5.74. The molecule has 0 saturated heterocycles. The van der Waals surface area contributed by atoms with Crippen LogP contribution >= 0.6 is 11.5 Å². The fourth-order valence-corrected chi connectivity index (χ4v) is 2.50. The van der Waals surface area contributed by atoms with Gasteiger partial charge in [-0.25, -0.2) is 4.39 Å². The van der Waals surface area contributed by atoms with Crippen molar-refractivity contribution in [1.29, 1.82) is 0 Å². The van der Waals surface area contributed by atoms with Crippen molar-refractivity contribution < 1.29 is 13.9 Å². The molecule has 1 amide bonds. The second-order valence-corrected chi connectivity index (χ2v) is 5.05. The Bertz CT molecular complexity index is 613. The Hall–Kier alpha value is -2.15. The lowest BCUT2D eigenvalue weighted by Gasteiger charge is -2.08. The standard InChI is InChI=1S/C14H16FN3O2S/c1-9-12(14(16-2)21-18-9)13(19)17-7-8-20-11-5-3-10(15)4-6-11/h3-6,16H,7-8H2,1-2H3,(H,17,19). The number of nitrogens with zero attached hydrogens (tertiary/aromatic N) is 1. The third kappa shape index (κ3) is 3.91. The van der Waals surface area contributed by atoms with Gasteiger partial charge in [0.05, 0.1) is 17.8 Å². The molecule has 1 heterocycles. The van der Waals surface area contributed by atoms with Crippen molar-refractivity contribution in [2.45, 2.75) is 6.92 Å². The van der Waals surface area contributed by atoms with Gasteiger partial charge in [0.2, 0.25) is 0 Å². The van der Waals surface area contributed by atoms with Crippen LogP contribution in [0.25, 0.3) is 0 Å². The van der Waals surface area contributed by atoms with Gasteiger partial charge < -0.3 is 15.4 Å². The highest BCUT2D eigenvalue weighted by molar-refractivity contribution is 7.10. The molecule has 2 N–H and O–H groups in total. The van der Waals surface area contributed by atoms with Crippen LogP contribution in [0.3, 0.4) is 0 Å². The van der Waals surface area contributed by atoms with E-state index < -0.39 is 0 Å². The zero-order valence-corrected chi connectivity index (χ0v) is 12.6. The van der Waals surface area contributed by atoms with Crippen molar-refractivity contribution in [3.05, 3.63) is 41.3 Å². The smallest absolute Gasteiger partial charge is 0.256 e. The molecule has 0 fully saturated rings. The van der Waals surface area contributed by atoms with E-state index in [0.717, 1.165) is 5.00 Å². The van der Waals surface area contributed by atoms with Crippen molar-refractivity contribution in [3.63, 3.8) is 0 Å². The van der Waals surface area contributed by atoms with Crippen LogP contribution in [-0.2, 0) is 0 Å². The first-order valence-corrected chi connectivity index (χ1v) is 7.19. The van der Waals surface area contributed by atoms with Crippen molar-refractivity contribution >= 4 is 22.4 Å². The first-order chi connectivity index (χ1) is 10.1. The second-order valence-electron chi connectivity index (χ2n) is 4.28. The maximum atomic E-state index is 12.7. The van der Waals surface area contributed by atoms with Gasteiger partial charge in [-0.15, -0.1) is 0 Å². The van der Waals surface area contributed by atoms with Crippen LogP contribution in [0.1, 0.15) is 16.1 Å². The molecule has 1 aromatic carbocycles. The van der Waals surface area contributed by atoms with Gasteiger partial charge in [-0.3, -0.25) is 4.79 Å². The van der Waals surface area contributed by atoms with Crippen LogP contribution in [0.5, 0.6) is 5.75 Å². The number of aryl methyl sites for hydroxylation is 1. The molecule has 112 valence electrons. The summed E-state index contributed by atoms with van der Waals surface area (Å²) in [6.45, 7) is 2.46. The minimum Gasteiger partial charge on any atom is -0.492 e. The number of anilines is 1. The lowest BCUT2D eigenvalue weighted by molar-refractivity contribution is 0.0947. The Morgan fingerprint density at radius 3 is 2.76 bits per heavy atom. The Kier molecular flexibility index (Phi) is 5.10. The number of benzene rings is 1. The van der Waals surface area contributed by atoms with Crippen LogP contribution < -0.4 is 15.4 Å². The highest BCUT2D eigenvalue weighted by Crippen LogP contribution is 2.23. The summed E-state index contributed by atoms with van der Waals surface area (Å²) in [7, 11) is 1.75. The van der Waals surface area contributed by atoms with E-state index in [1.165, 1.54) is 23.7 Å². The van der Waals surface area contributed by atoms with Gasteiger partial charge in [0.25, 0.3) is 5.91 Å². The normalized spacial score (nSPS) is 10.2. The SMILES string of the molecule is CNc1snc(C)c1C(=O)NCCOc1ccc(F)cc1. The van der Waals surface area contributed by atoms with Gasteiger partial charge in [0.1, 0.15) is 23.2 Å². The molecule has 5 nitrogen and oxygen atoms in total. The lowest BCUT2D eigenvalue weighted by atomic mass is 10.2. The molecule has 0 saturated carbocycles. The van der Waals surface area contributed by atoms with Gasteiger partial charge in [-0.1, -0.05) is 0 Å². The molecular formula is C14H16FN3O2S. The summed E-state index contributed by atoms with van der Waals surface area (Å²) in [5.74, 6) is 0.0685. The third-order valence-electron chi connectivity index (χ3n) is 2.79. The summed E-state index contributed by atoms with van der Waals surface area (Å²) < 4.78 is 22.3. The number of carbonyl (C=O) groups excluding carboxylic acids is 1. The number of rotatable bonds is 6. The zero-order valence-electron chi connectivity index (χ0n) is 11.8. The van der Waals surface area contributed by atoms with Crippen LogP contribution in [0.4, 0.5) is 9.39 Å². The predicted octanol–water partition coefficient (Wildman–Crippen LogP) is 2.44. The van der Waals surface area contributed by atoms with E-state index in [9.17, 15) is 9.18 Å². The Balaban J connectivity index is 1.82. The number of ether oxygens (including phenoxy) is 1. The fourth-order valence-electron chi connectivity index (χ4n) is 1.76. The Morgan fingerprint density at radius 1 is 1.38 bits per heavy atom. The van der Waals surface area contributed by atoms with Crippen LogP contribution in [0.15, 0.2) is 24.3 Å². The van der Waals surface area contributed by atoms with Crippen molar-refractivity contribution in [2.75, 3.05) is 25.5 Å². The summed E-state index contributed by atoms with van der Waals surface area (Å²) in [6.07, 6.45) is 0. The second kappa shape index (κ2) is 7.03. The Labute approximate surface area is 126 Å². The molecule has 0 bridgehead atoms. The molecule has 0 aliphatic heterocycles. The first-order valence-electron chi connectivity index (χ1n) is 6.42. The number of carbonyl (C=O) groups is 1. The topological polar surface area (TPSA) is 63.2 Å². The Morgan fingerprint density at radius 2 is 2.10 bits per heavy atom. The molecule has 1 aromatic heterocycles. The van der Waals surface area contributed by atoms with E-state index >= 15 is 0 Å². The molecule has 0 radical (unpaired) electrons. The van der Waals surface area contributed by atoms with Gasteiger partial charge in [0, 0.05) is 7.05 Å². The highest BCUT2D eigenvalue weighted by Gasteiger charge is 2.16. The maximum absolute atomic E-state index is 12.7. The van der Waals surface area contributed by atoms with Crippen molar-refractivity contribution in [1.82, 2.24) is 9.69 Å². The maximum Gasteiger partial charge on any atom is 0.256 e. The van der Waals surface area contributed by atoms with Gasteiger partial charge in [-0.05, 0) is 42.7 Å². The summed E-state index contributed by atoms with van der Waals surface area (Å²) >= 11 is 1.25. The van der Waals surface area contributed by atoms with Crippen LogP contribution in [0.2, 0.25) is 0 Å². The van der Waals surface area contributed by atoms with E-state index in [1.807, 2.05) is 0 Å². The van der Waals surface area contributed by atoms with Crippen molar-refractivity contribution in [2.24, 2.45) is 0 Å². The average molecular weight is 309 g/mol. The van der Waals surface area contributed by atoms with E-state index in [4.69, 9.17) is 4.74 Å². The molecule has 2 rings (SSSR count). The molecule has 0 spiro atoms. The van der Waals surface area contributed by atoms with Crippen molar-refractivity contribution in [3.8, 4) is 5.75 Å². The third-order valence-corrected chi connectivity index (χ3v) is 3.74. The van der Waals surface area contributed by atoms with Gasteiger partial charge in [-0.2, -0.15) is 4.37 Å². The molecule has 21 heavy (non-hydrogen) atoms. The number of halogens is 1. The monoisotopic (exact) mass is 309 g/mol. The van der Waals surface area contributed by atoms with Crippen LogP contribution in [0, 0.1) is 12.7 Å². The van der Waals surface area contributed by atoms with Crippen LogP contribution in [-0.4, -0.2) is 30.5 Å². The van der Waals surface area contributed by atoms with E-state index in [0.29, 0.717) is 30.2 Å². The number of amides is 1. The number of hydrogen-bond donors (Lipinski definition) is 2. The quantitative estimate of drug-likeness (QED) is 0.805. The minimum absolute atomic E-state index is 0.187. The summed E-state index contributed by atoms with van der Waals surface area (Å²) in [4.78, 5) is 12.1. The van der Waals surface area contributed by atoms with Gasteiger partial charge >= 0.3 is 0 Å². The first kappa shape index (κ1) is 15.2. The van der Waals surface area contributed by atoms with E-state index in [1.54, 1.807) is 26.1 Å². The summed E-state index contributed by atoms with van der Waals surface area (Å²) in [5.41, 5.74) is 1.26. The number of hydrogen-bond acceptors (Lipinski definition) is 5. The van der Waals surface area contributed by atoms with E-state index in [2.05, 4.69) is 15.0 Å². The van der Waals surface area contributed by atoms with Gasteiger partial charge in [0.15, 0.2) is 0 Å². The zero-order chi connectivity index (χ0) is 15.2. The molecule has 0 aliphatic carbocycles. The number of aromatic nitrogens is 1. The molecule has 0 unspecified atom stereocenters. The number of nitrogens with one attached hydrogen (secondary N) is 2. The summed E-state index contributed by atoms with van der Waals surface area (Å²) in [5, 5.41) is 6.46. The molecule has 0 aliphatic rings. The average Bonchev–Trinajstić information content (AvgIpc) is 2.86. The molecule has 7 heteroatoms. The highest BCUT2D eigenvalue weighted by atomic mass is 32.1. The molecule has 2 aromatic rings. The molecule has 0 atom stereocenters. The largest absolute Gasteiger partial charge is 0.492 e. The minimum atomic E-state index is -0.310. The molecular weight excluding hydrogens is 293 g/mol.